The van der Waals surface area contributed by atoms with Crippen molar-refractivity contribution in [3.8, 4) is 17.2 Å². The Hall–Kier alpha value is -2.40. The summed E-state index contributed by atoms with van der Waals surface area (Å²) in [6.45, 7) is 0. The third kappa shape index (κ3) is 2.89. The number of phenolic OH excluding ortho intramolecular Hbond substituents is 3. The Balaban J connectivity index is 2.31. The molecule has 0 aliphatic heterocycles. The molecule has 2 aromatic rings. The van der Waals surface area contributed by atoms with Gasteiger partial charge in [0.05, 0.1) is 0 Å². The van der Waals surface area contributed by atoms with E-state index in [9.17, 15) is 15.0 Å². The van der Waals surface area contributed by atoms with Crippen LogP contribution in [-0.2, 0) is 0 Å². The predicted octanol–water partition coefficient (Wildman–Crippen LogP) is 2.71. The smallest absolute Gasteiger partial charge is 0.263 e. The Kier molecular flexibility index (Phi) is 3.48. The minimum atomic E-state index is -0.711. The van der Waals surface area contributed by atoms with Crippen molar-refractivity contribution in [3.05, 3.63) is 47.0 Å². The van der Waals surface area contributed by atoms with E-state index < -0.39 is 17.4 Å². The van der Waals surface area contributed by atoms with Gasteiger partial charge in [0.2, 0.25) is 0 Å². The molecule has 0 fully saturated rings. The van der Waals surface area contributed by atoms with Gasteiger partial charge in [-0.2, -0.15) is 0 Å². The van der Waals surface area contributed by atoms with Gasteiger partial charge in [-0.1, -0.05) is 17.7 Å². The number of nitrogens with one attached hydrogen (secondary N) is 1. The largest absolute Gasteiger partial charge is 0.508 e. The van der Waals surface area contributed by atoms with E-state index in [1.54, 1.807) is 18.2 Å². The second kappa shape index (κ2) is 5.07. The normalized spacial score (nSPS) is 10.2. The molecular weight excluding hydrogens is 270 g/mol. The molecule has 0 aromatic heterocycles. The zero-order chi connectivity index (χ0) is 14.0. The van der Waals surface area contributed by atoms with E-state index in [1.165, 1.54) is 6.07 Å². The molecule has 0 saturated carbocycles. The van der Waals surface area contributed by atoms with Crippen molar-refractivity contribution in [3.63, 3.8) is 0 Å². The van der Waals surface area contributed by atoms with Crippen molar-refractivity contribution in [1.29, 1.82) is 0 Å². The zero-order valence-corrected chi connectivity index (χ0v) is 10.3. The lowest BCUT2D eigenvalue weighted by Gasteiger charge is -2.09. The molecule has 0 heterocycles. The first-order valence-electron chi connectivity index (χ1n) is 5.29. The number of carbonyl (C=O) groups excluding carboxylic acids is 1. The van der Waals surface area contributed by atoms with Gasteiger partial charge in [-0.15, -0.1) is 0 Å². The topological polar surface area (TPSA) is 89.8 Å². The summed E-state index contributed by atoms with van der Waals surface area (Å²) in [5, 5.41) is 31.2. The Bertz CT molecular complexity index is 619. The molecule has 0 saturated heterocycles. The van der Waals surface area contributed by atoms with E-state index in [0.29, 0.717) is 10.7 Å². The molecule has 0 unspecified atom stereocenters. The maximum absolute atomic E-state index is 11.9. The standard InChI is InChI=1S/C13H10ClNO4/c14-7-2-1-3-8(4-7)15-13(19)12-10(17)5-9(16)6-11(12)18/h1-6,16-18H,(H,15,19). The Labute approximate surface area is 113 Å². The number of aromatic hydroxyl groups is 3. The van der Waals surface area contributed by atoms with E-state index in [4.69, 9.17) is 16.7 Å². The highest BCUT2D eigenvalue weighted by Gasteiger charge is 2.17. The molecule has 1 amide bonds. The number of halogens is 1. The molecule has 0 bridgehead atoms. The molecule has 0 aliphatic rings. The molecule has 2 aromatic carbocycles. The lowest BCUT2D eigenvalue weighted by molar-refractivity contribution is 0.102. The summed E-state index contributed by atoms with van der Waals surface area (Å²) in [6, 6.07) is 8.35. The van der Waals surface area contributed by atoms with Gasteiger partial charge in [0.25, 0.3) is 5.91 Å². The Morgan fingerprint density at radius 2 is 1.68 bits per heavy atom. The van der Waals surface area contributed by atoms with E-state index in [-0.39, 0.29) is 11.3 Å². The van der Waals surface area contributed by atoms with Crippen LogP contribution in [-0.4, -0.2) is 21.2 Å². The van der Waals surface area contributed by atoms with Crippen molar-refractivity contribution in [2.75, 3.05) is 5.32 Å². The second-order valence-electron chi connectivity index (χ2n) is 3.82. The molecule has 6 heteroatoms. The van der Waals surface area contributed by atoms with Gasteiger partial charge in [0.1, 0.15) is 22.8 Å². The molecule has 0 aliphatic carbocycles. The third-order valence-electron chi connectivity index (χ3n) is 2.39. The number of hydrogen-bond donors (Lipinski definition) is 4. The summed E-state index contributed by atoms with van der Waals surface area (Å²) in [7, 11) is 0. The quantitative estimate of drug-likeness (QED) is 0.680. The zero-order valence-electron chi connectivity index (χ0n) is 9.59. The lowest BCUT2D eigenvalue weighted by atomic mass is 10.1. The first-order valence-corrected chi connectivity index (χ1v) is 5.67. The van der Waals surface area contributed by atoms with Crippen molar-refractivity contribution in [2.24, 2.45) is 0 Å². The molecule has 0 radical (unpaired) electrons. The molecule has 4 N–H and O–H groups in total. The van der Waals surface area contributed by atoms with E-state index in [2.05, 4.69) is 5.32 Å². The summed E-state index contributed by atoms with van der Waals surface area (Å²) in [5.74, 6) is -2.08. The average molecular weight is 280 g/mol. The second-order valence-corrected chi connectivity index (χ2v) is 4.26. The molecule has 0 atom stereocenters. The van der Waals surface area contributed by atoms with Crippen molar-refractivity contribution in [1.82, 2.24) is 0 Å². The first kappa shape index (κ1) is 13.0. The highest BCUT2D eigenvalue weighted by atomic mass is 35.5. The van der Waals surface area contributed by atoms with Crippen LogP contribution in [0.1, 0.15) is 10.4 Å². The first-order chi connectivity index (χ1) is 8.97. The molecule has 0 spiro atoms. The van der Waals surface area contributed by atoms with E-state index >= 15 is 0 Å². The van der Waals surface area contributed by atoms with E-state index in [0.717, 1.165) is 12.1 Å². The van der Waals surface area contributed by atoms with Crippen LogP contribution in [0, 0.1) is 0 Å². The van der Waals surface area contributed by atoms with Gasteiger partial charge in [0, 0.05) is 22.8 Å². The van der Waals surface area contributed by atoms with Crippen LogP contribution in [0.25, 0.3) is 0 Å². The molecular formula is C13H10ClNO4. The predicted molar refractivity (Wildman–Crippen MR) is 70.8 cm³/mol. The number of rotatable bonds is 2. The number of phenols is 3. The number of hydrogen-bond acceptors (Lipinski definition) is 4. The number of anilines is 1. The number of carbonyl (C=O) groups is 1. The van der Waals surface area contributed by atoms with Crippen LogP contribution >= 0.6 is 11.6 Å². The van der Waals surface area contributed by atoms with Crippen LogP contribution < -0.4 is 5.32 Å². The minimum absolute atomic E-state index is 0.322. The summed E-state index contributed by atoms with van der Waals surface area (Å²) in [4.78, 5) is 11.9. The van der Waals surface area contributed by atoms with Crippen LogP contribution in [0.4, 0.5) is 5.69 Å². The van der Waals surface area contributed by atoms with Crippen molar-refractivity contribution < 1.29 is 20.1 Å². The van der Waals surface area contributed by atoms with Gasteiger partial charge < -0.3 is 20.6 Å². The SMILES string of the molecule is O=C(Nc1cccc(Cl)c1)c1c(O)cc(O)cc1O. The summed E-state index contributed by atoms with van der Waals surface area (Å²) in [6.07, 6.45) is 0. The highest BCUT2D eigenvalue weighted by molar-refractivity contribution is 6.31. The molecule has 19 heavy (non-hydrogen) atoms. The summed E-state index contributed by atoms with van der Waals surface area (Å²) in [5.41, 5.74) is 0.0992. The van der Waals surface area contributed by atoms with Crippen LogP contribution in [0.15, 0.2) is 36.4 Å². The van der Waals surface area contributed by atoms with Crippen molar-refractivity contribution in [2.45, 2.75) is 0 Å². The van der Waals surface area contributed by atoms with Gasteiger partial charge in [-0.05, 0) is 18.2 Å². The monoisotopic (exact) mass is 279 g/mol. The fourth-order valence-electron chi connectivity index (χ4n) is 1.59. The number of benzene rings is 2. The van der Waals surface area contributed by atoms with Crippen LogP contribution in [0.5, 0.6) is 17.2 Å². The van der Waals surface area contributed by atoms with Crippen LogP contribution in [0.3, 0.4) is 0 Å². The van der Waals surface area contributed by atoms with Crippen LogP contribution in [0.2, 0.25) is 5.02 Å². The lowest BCUT2D eigenvalue weighted by Crippen LogP contribution is -2.12. The van der Waals surface area contributed by atoms with Gasteiger partial charge >= 0.3 is 0 Å². The molecule has 5 nitrogen and oxygen atoms in total. The van der Waals surface area contributed by atoms with Crippen molar-refractivity contribution >= 4 is 23.2 Å². The maximum Gasteiger partial charge on any atom is 0.263 e. The molecule has 2 rings (SSSR count). The van der Waals surface area contributed by atoms with Gasteiger partial charge in [0.15, 0.2) is 0 Å². The Morgan fingerprint density at radius 1 is 1.05 bits per heavy atom. The maximum atomic E-state index is 11.9. The highest BCUT2D eigenvalue weighted by Crippen LogP contribution is 2.32. The summed E-state index contributed by atoms with van der Waals surface area (Å²) >= 11 is 5.77. The fraction of sp³-hybridized carbons (Fsp3) is 0. The van der Waals surface area contributed by atoms with Gasteiger partial charge in [-0.25, -0.2) is 0 Å². The fourth-order valence-corrected chi connectivity index (χ4v) is 1.78. The van der Waals surface area contributed by atoms with Gasteiger partial charge in [-0.3, -0.25) is 4.79 Å². The number of amides is 1. The van der Waals surface area contributed by atoms with E-state index in [1.807, 2.05) is 0 Å². The minimum Gasteiger partial charge on any atom is -0.508 e. The summed E-state index contributed by atoms with van der Waals surface area (Å²) < 4.78 is 0. The Morgan fingerprint density at radius 3 is 2.26 bits per heavy atom. The third-order valence-corrected chi connectivity index (χ3v) is 2.63. The molecule has 98 valence electrons. The average Bonchev–Trinajstić information content (AvgIpc) is 2.27.